The number of fused-ring (bicyclic) bond motifs is 4. The van der Waals surface area contributed by atoms with Crippen LogP contribution in [0.5, 0.6) is 5.75 Å². The van der Waals surface area contributed by atoms with Crippen molar-refractivity contribution >= 4 is 6.09 Å². The van der Waals surface area contributed by atoms with Crippen LogP contribution in [0.1, 0.15) is 44.2 Å². The largest absolute Gasteiger partial charge is 0.497 e. The van der Waals surface area contributed by atoms with Crippen molar-refractivity contribution in [3.8, 4) is 16.9 Å². The Hall–Kier alpha value is -2.60. The maximum Gasteiger partial charge on any atom is 0.405 e. The zero-order valence-electron chi connectivity index (χ0n) is 19.7. The highest BCUT2D eigenvalue weighted by molar-refractivity contribution is 5.69. The van der Waals surface area contributed by atoms with Crippen molar-refractivity contribution in [3.63, 3.8) is 0 Å². The molecule has 1 amide bonds. The Morgan fingerprint density at radius 2 is 1.91 bits per heavy atom. The van der Waals surface area contributed by atoms with Gasteiger partial charge in [-0.25, -0.2) is 9.18 Å². The van der Waals surface area contributed by atoms with Crippen molar-refractivity contribution in [2.24, 2.45) is 23.0 Å². The molecular formula is C27H33FN2O3. The molecule has 2 aromatic carbocycles. The predicted octanol–water partition coefficient (Wildman–Crippen LogP) is 5.11. The number of nitrogens with two attached hydrogens (primary N) is 1. The van der Waals surface area contributed by atoms with E-state index < -0.39 is 11.7 Å². The molecule has 6 heteroatoms. The van der Waals surface area contributed by atoms with Gasteiger partial charge in [0.05, 0.1) is 7.11 Å². The molecular weight excluding hydrogens is 419 g/mol. The summed E-state index contributed by atoms with van der Waals surface area (Å²) in [4.78, 5) is 14.8. The Morgan fingerprint density at radius 1 is 1.15 bits per heavy atom. The topological polar surface area (TPSA) is 64.8 Å². The number of piperidine rings is 3. The second-order valence-corrected chi connectivity index (χ2v) is 10.5. The molecule has 2 bridgehead atoms. The highest BCUT2D eigenvalue weighted by atomic mass is 19.1. The second kappa shape index (κ2) is 8.01. The van der Waals surface area contributed by atoms with Gasteiger partial charge in [0, 0.05) is 29.5 Å². The third-order valence-corrected chi connectivity index (χ3v) is 8.46. The Morgan fingerprint density at radius 3 is 2.52 bits per heavy atom. The zero-order valence-corrected chi connectivity index (χ0v) is 19.7. The van der Waals surface area contributed by atoms with Crippen LogP contribution >= 0.6 is 0 Å². The minimum absolute atomic E-state index is 0.185. The van der Waals surface area contributed by atoms with Crippen LogP contribution in [0.3, 0.4) is 0 Å². The lowest BCUT2D eigenvalue weighted by atomic mass is 9.53. The number of carbonyl (C=O) groups is 1. The smallest absolute Gasteiger partial charge is 0.405 e. The van der Waals surface area contributed by atoms with Crippen LogP contribution in [-0.4, -0.2) is 37.7 Å². The van der Waals surface area contributed by atoms with E-state index >= 15 is 0 Å². The standard InChI is InChI=1S/C27H33FN2O3/c1-26(2)11-8-19-14-18(21-6-5-20(32-3)15-24(21)28)4-7-22(19)27(26,33-25(29)31)23-16-30-12-9-17(23)10-13-30/h4-7,14-15,17,23H,8-13,16H2,1-3H3,(H2,29,31)/t23-,27-/m1/s1. The van der Waals surface area contributed by atoms with Crippen molar-refractivity contribution in [1.82, 2.24) is 4.90 Å². The number of carbonyl (C=O) groups excluding carboxylic acids is 1. The lowest BCUT2D eigenvalue weighted by Gasteiger charge is -2.59. The van der Waals surface area contributed by atoms with Crippen molar-refractivity contribution in [3.05, 3.63) is 53.3 Å². The number of hydrogen-bond donors (Lipinski definition) is 1. The van der Waals surface area contributed by atoms with Gasteiger partial charge in [-0.15, -0.1) is 0 Å². The lowest BCUT2D eigenvalue weighted by molar-refractivity contribution is -0.173. The summed E-state index contributed by atoms with van der Waals surface area (Å²) in [5.74, 6) is 0.859. The molecule has 4 aliphatic rings. The predicted molar refractivity (Wildman–Crippen MR) is 125 cm³/mol. The molecule has 1 aliphatic carbocycles. The van der Waals surface area contributed by atoms with Crippen LogP contribution in [0.15, 0.2) is 36.4 Å². The summed E-state index contributed by atoms with van der Waals surface area (Å²) in [6.45, 7) is 7.53. The van der Waals surface area contributed by atoms with E-state index in [9.17, 15) is 9.18 Å². The summed E-state index contributed by atoms with van der Waals surface area (Å²) >= 11 is 0. The summed E-state index contributed by atoms with van der Waals surface area (Å²) in [5.41, 5.74) is 8.15. The van der Waals surface area contributed by atoms with Gasteiger partial charge in [0.15, 0.2) is 0 Å². The summed E-state index contributed by atoms with van der Waals surface area (Å²) in [6.07, 6.45) is 3.23. The first-order chi connectivity index (χ1) is 15.7. The Labute approximate surface area is 195 Å². The normalized spacial score (nSPS) is 29.9. The van der Waals surface area contributed by atoms with Crippen LogP contribution < -0.4 is 10.5 Å². The maximum absolute atomic E-state index is 14.8. The third-order valence-electron chi connectivity index (χ3n) is 8.46. The minimum Gasteiger partial charge on any atom is -0.497 e. The molecule has 3 saturated heterocycles. The van der Waals surface area contributed by atoms with E-state index in [4.69, 9.17) is 15.2 Å². The zero-order chi connectivity index (χ0) is 23.4. The number of methoxy groups -OCH3 is 1. The van der Waals surface area contributed by atoms with Crippen molar-refractivity contribution in [1.29, 1.82) is 0 Å². The molecule has 2 N–H and O–H groups in total. The van der Waals surface area contributed by atoms with Crippen LogP contribution in [-0.2, 0) is 16.8 Å². The monoisotopic (exact) mass is 452 g/mol. The molecule has 2 atom stereocenters. The number of hydrogen-bond acceptors (Lipinski definition) is 4. The number of benzene rings is 2. The third kappa shape index (κ3) is 3.50. The van der Waals surface area contributed by atoms with Gasteiger partial charge in [-0.05, 0) is 73.5 Å². The molecule has 0 spiro atoms. The maximum atomic E-state index is 14.8. The fraction of sp³-hybridized carbons (Fsp3) is 0.519. The van der Waals surface area contributed by atoms with Crippen LogP contribution in [0.2, 0.25) is 0 Å². The van der Waals surface area contributed by atoms with E-state index in [1.807, 2.05) is 6.07 Å². The molecule has 6 rings (SSSR count). The minimum atomic E-state index is -0.798. The second-order valence-electron chi connectivity index (χ2n) is 10.5. The van der Waals surface area contributed by atoms with Gasteiger partial charge in [0.25, 0.3) is 0 Å². The fourth-order valence-electron chi connectivity index (χ4n) is 6.74. The molecule has 3 aliphatic heterocycles. The Bertz CT molecular complexity index is 1080. The van der Waals surface area contributed by atoms with Crippen LogP contribution in [0.25, 0.3) is 11.1 Å². The number of nitrogens with zero attached hydrogens (tertiary/aromatic N) is 1. The van der Waals surface area contributed by atoms with Gasteiger partial charge < -0.3 is 20.1 Å². The molecule has 33 heavy (non-hydrogen) atoms. The number of primary amides is 1. The number of halogens is 1. The first kappa shape index (κ1) is 22.2. The van der Waals surface area contributed by atoms with E-state index in [0.717, 1.165) is 62.0 Å². The highest BCUT2D eigenvalue weighted by Gasteiger charge is 2.60. The summed E-state index contributed by atoms with van der Waals surface area (Å²) < 4.78 is 26.2. The van der Waals surface area contributed by atoms with Gasteiger partial charge in [0.1, 0.15) is 17.2 Å². The van der Waals surface area contributed by atoms with E-state index in [1.54, 1.807) is 12.1 Å². The van der Waals surface area contributed by atoms with Gasteiger partial charge in [-0.3, -0.25) is 0 Å². The van der Waals surface area contributed by atoms with Gasteiger partial charge >= 0.3 is 6.09 Å². The van der Waals surface area contributed by atoms with E-state index in [2.05, 4.69) is 30.9 Å². The first-order valence-electron chi connectivity index (χ1n) is 11.9. The molecule has 2 aromatic rings. The summed E-state index contributed by atoms with van der Waals surface area (Å²) in [5, 5.41) is 0. The average molecular weight is 453 g/mol. The Kier molecular flexibility index (Phi) is 5.39. The summed E-state index contributed by atoms with van der Waals surface area (Å²) in [6, 6.07) is 11.0. The quantitative estimate of drug-likeness (QED) is 0.701. The number of amides is 1. The van der Waals surface area contributed by atoms with Gasteiger partial charge in [-0.1, -0.05) is 32.0 Å². The lowest BCUT2D eigenvalue weighted by Crippen LogP contribution is -2.62. The molecule has 176 valence electrons. The van der Waals surface area contributed by atoms with Crippen LogP contribution in [0, 0.1) is 23.1 Å². The van der Waals surface area contributed by atoms with E-state index in [1.165, 1.54) is 13.2 Å². The van der Waals surface area contributed by atoms with E-state index in [-0.39, 0.29) is 17.2 Å². The Balaban J connectivity index is 1.64. The fourth-order valence-corrected chi connectivity index (χ4v) is 6.74. The number of aryl methyl sites for hydroxylation is 1. The van der Waals surface area contributed by atoms with Crippen molar-refractivity contribution in [2.75, 3.05) is 26.7 Å². The van der Waals surface area contributed by atoms with Crippen molar-refractivity contribution in [2.45, 2.75) is 45.1 Å². The average Bonchev–Trinajstić information content (AvgIpc) is 2.81. The number of ether oxygens (including phenoxy) is 2. The molecule has 3 heterocycles. The molecule has 5 nitrogen and oxygen atoms in total. The van der Waals surface area contributed by atoms with Gasteiger partial charge in [0.2, 0.25) is 0 Å². The van der Waals surface area contributed by atoms with Crippen molar-refractivity contribution < 1.29 is 18.7 Å². The summed E-state index contributed by atoms with van der Waals surface area (Å²) in [7, 11) is 1.53. The number of rotatable bonds is 4. The molecule has 3 fully saturated rings. The van der Waals surface area contributed by atoms with E-state index in [0.29, 0.717) is 17.2 Å². The highest BCUT2D eigenvalue weighted by Crippen LogP contribution is 2.59. The molecule has 0 radical (unpaired) electrons. The molecule has 0 saturated carbocycles. The van der Waals surface area contributed by atoms with Crippen LogP contribution in [0.4, 0.5) is 9.18 Å². The molecule has 0 aromatic heterocycles. The van der Waals surface area contributed by atoms with Gasteiger partial charge in [-0.2, -0.15) is 0 Å². The molecule has 0 unspecified atom stereocenters. The first-order valence-corrected chi connectivity index (χ1v) is 11.9. The SMILES string of the molecule is COc1ccc(-c2ccc3c(c2)CCC(C)(C)[C@]3(OC(N)=O)[C@@H]2CN3CCC2CC3)c(F)c1.